The molecular formula is C14H23N3O3. The number of aliphatic carboxylic acids is 1. The number of nitrogens with zero attached hydrogens (tertiary/aromatic N) is 2. The molecule has 0 aliphatic carbocycles. The number of amides is 1. The van der Waals surface area contributed by atoms with Crippen LogP contribution in [0.15, 0.2) is 6.07 Å². The van der Waals surface area contributed by atoms with Crippen molar-refractivity contribution in [3.8, 4) is 0 Å². The standard InChI is InChI=1S/C14H23N3O3/c1-8(2)13(14(19)20)15-12(18)7-11(5)17-10(4)6-9(3)16-17/h6,8,11,13H,7H2,1-5H3,(H,15,18)(H,19,20)/t11?,13-/m1/s1. The first-order valence-corrected chi connectivity index (χ1v) is 6.77. The van der Waals surface area contributed by atoms with E-state index in [0.29, 0.717) is 0 Å². The Morgan fingerprint density at radius 1 is 1.35 bits per heavy atom. The van der Waals surface area contributed by atoms with E-state index in [4.69, 9.17) is 5.11 Å². The predicted molar refractivity (Wildman–Crippen MR) is 75.4 cm³/mol. The Kier molecular flexibility index (Phi) is 5.30. The first-order chi connectivity index (χ1) is 9.22. The van der Waals surface area contributed by atoms with E-state index in [1.807, 2.05) is 26.8 Å². The highest BCUT2D eigenvalue weighted by Crippen LogP contribution is 2.14. The van der Waals surface area contributed by atoms with Gasteiger partial charge in [0.15, 0.2) is 0 Å². The van der Waals surface area contributed by atoms with Crippen molar-refractivity contribution in [1.82, 2.24) is 15.1 Å². The fraction of sp³-hybridized carbons (Fsp3) is 0.643. The molecule has 0 aliphatic heterocycles. The molecule has 0 aromatic carbocycles. The molecule has 1 aromatic heterocycles. The second-order valence-electron chi connectivity index (χ2n) is 5.55. The average Bonchev–Trinajstić information content (AvgIpc) is 2.64. The molecule has 0 radical (unpaired) electrons. The summed E-state index contributed by atoms with van der Waals surface area (Å²) in [6.07, 6.45) is 0.207. The zero-order valence-electron chi connectivity index (χ0n) is 12.7. The summed E-state index contributed by atoms with van der Waals surface area (Å²) in [6, 6.07) is 0.989. The van der Waals surface area contributed by atoms with Crippen LogP contribution in [0.25, 0.3) is 0 Å². The van der Waals surface area contributed by atoms with Gasteiger partial charge < -0.3 is 10.4 Å². The van der Waals surface area contributed by atoms with Crippen molar-refractivity contribution in [3.05, 3.63) is 17.5 Å². The maximum atomic E-state index is 11.9. The maximum absolute atomic E-state index is 11.9. The number of carboxylic acid groups (broad SMARTS) is 1. The molecule has 1 aromatic rings. The summed E-state index contributed by atoms with van der Waals surface area (Å²) in [5, 5.41) is 16.0. The quantitative estimate of drug-likeness (QED) is 0.831. The number of rotatable bonds is 6. The largest absolute Gasteiger partial charge is 0.480 e. The average molecular weight is 281 g/mol. The van der Waals surface area contributed by atoms with E-state index in [1.165, 1.54) is 0 Å². The molecule has 1 rings (SSSR count). The lowest BCUT2D eigenvalue weighted by atomic mass is 10.0. The minimum atomic E-state index is -1.01. The van der Waals surface area contributed by atoms with Crippen molar-refractivity contribution < 1.29 is 14.7 Å². The van der Waals surface area contributed by atoms with Crippen LogP contribution in [-0.2, 0) is 9.59 Å². The van der Waals surface area contributed by atoms with Crippen molar-refractivity contribution >= 4 is 11.9 Å². The van der Waals surface area contributed by atoms with Crippen LogP contribution in [-0.4, -0.2) is 32.8 Å². The first-order valence-electron chi connectivity index (χ1n) is 6.77. The van der Waals surface area contributed by atoms with E-state index in [1.54, 1.807) is 18.5 Å². The van der Waals surface area contributed by atoms with E-state index in [2.05, 4.69) is 10.4 Å². The van der Waals surface area contributed by atoms with Gasteiger partial charge in [-0.15, -0.1) is 0 Å². The van der Waals surface area contributed by atoms with Crippen LogP contribution < -0.4 is 5.32 Å². The van der Waals surface area contributed by atoms with Gasteiger partial charge in [0, 0.05) is 12.1 Å². The van der Waals surface area contributed by atoms with Gasteiger partial charge in [0.25, 0.3) is 0 Å². The van der Waals surface area contributed by atoms with E-state index < -0.39 is 12.0 Å². The van der Waals surface area contributed by atoms with E-state index in [-0.39, 0.29) is 24.3 Å². The summed E-state index contributed by atoms with van der Waals surface area (Å²) in [5.74, 6) is -1.43. The second-order valence-corrected chi connectivity index (χ2v) is 5.55. The molecule has 6 nitrogen and oxygen atoms in total. The number of aryl methyl sites for hydroxylation is 2. The zero-order valence-corrected chi connectivity index (χ0v) is 12.7. The van der Waals surface area contributed by atoms with Gasteiger partial charge in [0.2, 0.25) is 5.91 Å². The molecule has 2 atom stereocenters. The van der Waals surface area contributed by atoms with Crippen molar-refractivity contribution in [2.24, 2.45) is 5.92 Å². The molecule has 112 valence electrons. The molecule has 0 aliphatic rings. The highest BCUT2D eigenvalue weighted by molar-refractivity contribution is 5.83. The summed E-state index contributed by atoms with van der Waals surface area (Å²) in [6.45, 7) is 9.26. The summed E-state index contributed by atoms with van der Waals surface area (Å²) in [7, 11) is 0. The predicted octanol–water partition coefficient (Wildman–Crippen LogP) is 1.68. The fourth-order valence-electron chi connectivity index (χ4n) is 2.19. The zero-order chi connectivity index (χ0) is 15.4. The van der Waals surface area contributed by atoms with Crippen molar-refractivity contribution in [2.45, 2.75) is 53.1 Å². The summed E-state index contributed by atoms with van der Waals surface area (Å²) >= 11 is 0. The number of carbonyl (C=O) groups is 2. The highest BCUT2D eigenvalue weighted by Gasteiger charge is 2.24. The normalized spacial score (nSPS) is 14.1. The number of carboxylic acids is 1. The van der Waals surface area contributed by atoms with Crippen LogP contribution in [0.3, 0.4) is 0 Å². The van der Waals surface area contributed by atoms with Crippen LogP contribution in [0.2, 0.25) is 0 Å². The molecule has 0 saturated heterocycles. The smallest absolute Gasteiger partial charge is 0.326 e. The molecule has 1 amide bonds. The number of carbonyl (C=O) groups excluding carboxylic acids is 1. The molecule has 0 bridgehead atoms. The molecule has 0 saturated carbocycles. The van der Waals surface area contributed by atoms with Crippen LogP contribution in [0.4, 0.5) is 0 Å². The van der Waals surface area contributed by atoms with Crippen LogP contribution in [0.1, 0.15) is 44.6 Å². The summed E-state index contributed by atoms with van der Waals surface area (Å²) in [4.78, 5) is 23.0. The van der Waals surface area contributed by atoms with Gasteiger partial charge in [-0.2, -0.15) is 5.10 Å². The molecule has 0 spiro atoms. The van der Waals surface area contributed by atoms with Gasteiger partial charge >= 0.3 is 5.97 Å². The second kappa shape index (κ2) is 6.54. The van der Waals surface area contributed by atoms with Crippen molar-refractivity contribution in [1.29, 1.82) is 0 Å². The molecule has 1 heterocycles. The Labute approximate surface area is 119 Å². The lowest BCUT2D eigenvalue weighted by molar-refractivity contribution is -0.143. The van der Waals surface area contributed by atoms with E-state index in [0.717, 1.165) is 11.4 Å². The highest BCUT2D eigenvalue weighted by atomic mass is 16.4. The van der Waals surface area contributed by atoms with E-state index >= 15 is 0 Å². The van der Waals surface area contributed by atoms with Gasteiger partial charge in [0.05, 0.1) is 11.7 Å². The van der Waals surface area contributed by atoms with Crippen LogP contribution in [0.5, 0.6) is 0 Å². The SMILES string of the molecule is Cc1cc(C)n(C(C)CC(=O)N[C@@H](C(=O)O)C(C)C)n1. The number of hydrogen-bond donors (Lipinski definition) is 2. The topological polar surface area (TPSA) is 84.2 Å². The first kappa shape index (κ1) is 16.2. The molecule has 0 fully saturated rings. The third kappa shape index (κ3) is 4.08. The van der Waals surface area contributed by atoms with Crippen LogP contribution >= 0.6 is 0 Å². The molecule has 6 heteroatoms. The van der Waals surface area contributed by atoms with Gasteiger partial charge in [-0.3, -0.25) is 9.48 Å². The summed E-state index contributed by atoms with van der Waals surface area (Å²) in [5.41, 5.74) is 1.89. The molecule has 20 heavy (non-hydrogen) atoms. The molecular weight excluding hydrogens is 258 g/mol. The number of hydrogen-bond acceptors (Lipinski definition) is 3. The van der Waals surface area contributed by atoms with Gasteiger partial charge in [0.1, 0.15) is 6.04 Å². The Balaban J connectivity index is 2.66. The minimum absolute atomic E-state index is 0.106. The third-order valence-electron chi connectivity index (χ3n) is 3.19. The van der Waals surface area contributed by atoms with Gasteiger partial charge in [-0.25, -0.2) is 4.79 Å². The Hall–Kier alpha value is -1.85. The Morgan fingerprint density at radius 3 is 2.35 bits per heavy atom. The van der Waals surface area contributed by atoms with Crippen LogP contribution in [0, 0.1) is 19.8 Å². The van der Waals surface area contributed by atoms with Gasteiger partial charge in [-0.1, -0.05) is 13.8 Å². The Bertz CT molecular complexity index is 494. The third-order valence-corrected chi connectivity index (χ3v) is 3.19. The molecule has 1 unspecified atom stereocenters. The number of aromatic nitrogens is 2. The number of nitrogens with one attached hydrogen (secondary N) is 1. The lowest BCUT2D eigenvalue weighted by Crippen LogP contribution is -2.44. The summed E-state index contributed by atoms with van der Waals surface area (Å²) < 4.78 is 1.79. The van der Waals surface area contributed by atoms with Gasteiger partial charge in [-0.05, 0) is 32.8 Å². The lowest BCUT2D eigenvalue weighted by Gasteiger charge is -2.20. The fourth-order valence-corrected chi connectivity index (χ4v) is 2.19. The minimum Gasteiger partial charge on any atom is -0.480 e. The van der Waals surface area contributed by atoms with Crippen molar-refractivity contribution in [3.63, 3.8) is 0 Å². The molecule has 2 N–H and O–H groups in total. The van der Waals surface area contributed by atoms with E-state index in [9.17, 15) is 9.59 Å². The van der Waals surface area contributed by atoms with Crippen molar-refractivity contribution in [2.75, 3.05) is 0 Å². The monoisotopic (exact) mass is 281 g/mol. The Morgan fingerprint density at radius 2 is 1.95 bits per heavy atom. The maximum Gasteiger partial charge on any atom is 0.326 e.